The number of likely N-dealkylation sites (tertiary alicyclic amines) is 1. The normalized spacial score (nSPS) is 17.9. The van der Waals surface area contributed by atoms with E-state index in [-0.39, 0.29) is 0 Å². The van der Waals surface area contributed by atoms with E-state index in [2.05, 4.69) is 20.8 Å². The summed E-state index contributed by atoms with van der Waals surface area (Å²) < 4.78 is 0.789. The molecule has 0 unspecified atom stereocenters. The molecular formula is C12H16BrNO. The zero-order valence-electron chi connectivity index (χ0n) is 8.75. The van der Waals surface area contributed by atoms with E-state index in [1.807, 2.05) is 12.1 Å². The van der Waals surface area contributed by atoms with Crippen molar-refractivity contribution in [2.45, 2.75) is 25.8 Å². The summed E-state index contributed by atoms with van der Waals surface area (Å²) >= 11 is 3.34. The summed E-state index contributed by atoms with van der Waals surface area (Å²) in [7, 11) is 0. The molecule has 15 heavy (non-hydrogen) atoms. The number of nitrogens with zero attached hydrogens (tertiary/aromatic N) is 1. The number of halogens is 1. The van der Waals surface area contributed by atoms with Gasteiger partial charge in [0.05, 0.1) is 4.47 Å². The average molecular weight is 270 g/mol. The molecule has 1 saturated heterocycles. The van der Waals surface area contributed by atoms with Gasteiger partial charge in [-0.2, -0.15) is 0 Å². The maximum absolute atomic E-state index is 9.39. The van der Waals surface area contributed by atoms with Gasteiger partial charge in [-0.15, -0.1) is 0 Å². The minimum absolute atomic E-state index is 0.317. The molecular weight excluding hydrogens is 254 g/mol. The van der Waals surface area contributed by atoms with Crippen molar-refractivity contribution < 1.29 is 5.11 Å². The first-order valence-corrected chi connectivity index (χ1v) is 6.25. The molecule has 0 aliphatic carbocycles. The molecule has 0 saturated carbocycles. The van der Waals surface area contributed by atoms with Crippen molar-refractivity contribution in [1.29, 1.82) is 0 Å². The summed E-state index contributed by atoms with van der Waals surface area (Å²) in [4.78, 5) is 2.47. The number of hydrogen-bond acceptors (Lipinski definition) is 2. The fraction of sp³-hybridized carbons (Fsp3) is 0.500. The van der Waals surface area contributed by atoms with Crippen molar-refractivity contribution >= 4 is 15.9 Å². The van der Waals surface area contributed by atoms with Crippen LogP contribution in [0, 0.1) is 0 Å². The summed E-state index contributed by atoms with van der Waals surface area (Å²) in [5, 5.41) is 9.39. The number of benzene rings is 1. The Morgan fingerprint density at radius 3 is 2.60 bits per heavy atom. The third-order valence-electron chi connectivity index (χ3n) is 2.87. The predicted octanol–water partition coefficient (Wildman–Crippen LogP) is 3.14. The first-order chi connectivity index (χ1) is 7.25. The Hall–Kier alpha value is -0.540. The van der Waals surface area contributed by atoms with Crippen LogP contribution >= 0.6 is 15.9 Å². The van der Waals surface area contributed by atoms with Gasteiger partial charge >= 0.3 is 0 Å². The zero-order chi connectivity index (χ0) is 10.7. The monoisotopic (exact) mass is 269 g/mol. The summed E-state index contributed by atoms with van der Waals surface area (Å²) in [6.07, 6.45) is 4.01. The molecule has 0 spiro atoms. The van der Waals surface area contributed by atoms with E-state index >= 15 is 0 Å². The van der Waals surface area contributed by atoms with Crippen LogP contribution < -0.4 is 0 Å². The molecule has 1 heterocycles. The molecule has 2 rings (SSSR count). The van der Waals surface area contributed by atoms with Gasteiger partial charge in [0.1, 0.15) is 5.75 Å². The minimum atomic E-state index is 0.317. The standard InChI is InChI=1S/C12H16BrNO/c13-11-8-10(4-5-12(11)15)9-14-6-2-1-3-7-14/h4-5,8,15H,1-3,6-7,9H2. The van der Waals surface area contributed by atoms with Gasteiger partial charge in [0.15, 0.2) is 0 Å². The number of phenolic OH excluding ortho intramolecular Hbond substituents is 1. The number of piperidine rings is 1. The van der Waals surface area contributed by atoms with Crippen LogP contribution in [0.25, 0.3) is 0 Å². The van der Waals surface area contributed by atoms with Crippen LogP contribution in [0.3, 0.4) is 0 Å². The zero-order valence-corrected chi connectivity index (χ0v) is 10.3. The highest BCUT2D eigenvalue weighted by Crippen LogP contribution is 2.25. The van der Waals surface area contributed by atoms with Crippen molar-refractivity contribution in [3.8, 4) is 5.75 Å². The number of aromatic hydroxyl groups is 1. The molecule has 0 aromatic heterocycles. The topological polar surface area (TPSA) is 23.5 Å². The van der Waals surface area contributed by atoms with E-state index in [1.165, 1.54) is 37.9 Å². The Kier molecular flexibility index (Phi) is 3.65. The molecule has 1 aromatic carbocycles. The lowest BCUT2D eigenvalue weighted by Crippen LogP contribution is -2.29. The molecule has 1 N–H and O–H groups in total. The summed E-state index contributed by atoms with van der Waals surface area (Å²) in [6.45, 7) is 3.41. The SMILES string of the molecule is Oc1ccc(CN2CCCCC2)cc1Br. The van der Waals surface area contributed by atoms with Gasteiger partial charge in [0.25, 0.3) is 0 Å². The second-order valence-corrected chi connectivity index (χ2v) is 4.98. The summed E-state index contributed by atoms with van der Waals surface area (Å²) in [5.74, 6) is 0.317. The molecule has 0 atom stereocenters. The number of rotatable bonds is 2. The highest BCUT2D eigenvalue weighted by molar-refractivity contribution is 9.10. The van der Waals surface area contributed by atoms with Crippen LogP contribution in [0.5, 0.6) is 5.75 Å². The summed E-state index contributed by atoms with van der Waals surface area (Å²) in [5.41, 5.74) is 1.27. The van der Waals surface area contributed by atoms with E-state index in [9.17, 15) is 5.11 Å². The molecule has 0 radical (unpaired) electrons. The number of phenols is 1. The van der Waals surface area contributed by atoms with E-state index < -0.39 is 0 Å². The van der Waals surface area contributed by atoms with Crippen LogP contribution in [0.2, 0.25) is 0 Å². The first kappa shape index (κ1) is 11.0. The highest BCUT2D eigenvalue weighted by atomic mass is 79.9. The maximum Gasteiger partial charge on any atom is 0.129 e. The molecule has 2 nitrogen and oxygen atoms in total. The van der Waals surface area contributed by atoms with Crippen molar-refractivity contribution in [3.05, 3.63) is 28.2 Å². The largest absolute Gasteiger partial charge is 0.507 e. The Morgan fingerprint density at radius 1 is 1.20 bits per heavy atom. The smallest absolute Gasteiger partial charge is 0.129 e. The molecule has 1 aliphatic rings. The van der Waals surface area contributed by atoms with Crippen LogP contribution in [-0.2, 0) is 6.54 Å². The van der Waals surface area contributed by atoms with E-state index in [0.717, 1.165) is 11.0 Å². The average Bonchev–Trinajstić information content (AvgIpc) is 2.25. The molecule has 1 aliphatic heterocycles. The van der Waals surface area contributed by atoms with Crippen LogP contribution in [-0.4, -0.2) is 23.1 Å². The van der Waals surface area contributed by atoms with Gasteiger partial charge in [-0.05, 0) is 59.6 Å². The van der Waals surface area contributed by atoms with E-state index in [4.69, 9.17) is 0 Å². The van der Waals surface area contributed by atoms with Crippen molar-refractivity contribution in [3.63, 3.8) is 0 Å². The van der Waals surface area contributed by atoms with Crippen molar-refractivity contribution in [2.75, 3.05) is 13.1 Å². The van der Waals surface area contributed by atoms with Crippen molar-refractivity contribution in [1.82, 2.24) is 4.90 Å². The quantitative estimate of drug-likeness (QED) is 0.892. The van der Waals surface area contributed by atoms with Gasteiger partial charge in [0, 0.05) is 6.54 Å². The number of hydrogen-bond donors (Lipinski definition) is 1. The van der Waals surface area contributed by atoms with Gasteiger partial charge in [-0.3, -0.25) is 4.90 Å². The lowest BCUT2D eigenvalue weighted by molar-refractivity contribution is 0.221. The Labute approximate surface area is 99.0 Å². The molecule has 1 fully saturated rings. The second-order valence-electron chi connectivity index (χ2n) is 4.12. The molecule has 1 aromatic rings. The Morgan fingerprint density at radius 2 is 1.93 bits per heavy atom. The molecule has 0 bridgehead atoms. The molecule has 82 valence electrons. The highest BCUT2D eigenvalue weighted by Gasteiger charge is 2.10. The van der Waals surface area contributed by atoms with E-state index in [0.29, 0.717) is 5.75 Å². The fourth-order valence-electron chi connectivity index (χ4n) is 2.02. The first-order valence-electron chi connectivity index (χ1n) is 5.45. The van der Waals surface area contributed by atoms with Gasteiger partial charge in [-0.1, -0.05) is 12.5 Å². The lowest BCUT2D eigenvalue weighted by atomic mass is 10.1. The molecule has 3 heteroatoms. The second kappa shape index (κ2) is 4.99. The lowest BCUT2D eigenvalue weighted by Gasteiger charge is -2.26. The fourth-order valence-corrected chi connectivity index (χ4v) is 2.45. The molecule has 0 amide bonds. The third-order valence-corrected chi connectivity index (χ3v) is 3.50. The predicted molar refractivity (Wildman–Crippen MR) is 64.9 cm³/mol. The van der Waals surface area contributed by atoms with E-state index in [1.54, 1.807) is 6.07 Å². The van der Waals surface area contributed by atoms with Crippen LogP contribution in [0.1, 0.15) is 24.8 Å². The Bertz CT molecular complexity index is 334. The maximum atomic E-state index is 9.39. The Balaban J connectivity index is 2.00. The van der Waals surface area contributed by atoms with Gasteiger partial charge < -0.3 is 5.11 Å². The third kappa shape index (κ3) is 2.95. The minimum Gasteiger partial charge on any atom is -0.507 e. The van der Waals surface area contributed by atoms with Crippen LogP contribution in [0.4, 0.5) is 0 Å². The van der Waals surface area contributed by atoms with Gasteiger partial charge in [0.2, 0.25) is 0 Å². The van der Waals surface area contributed by atoms with Crippen LogP contribution in [0.15, 0.2) is 22.7 Å². The summed E-state index contributed by atoms with van der Waals surface area (Å²) in [6, 6.07) is 5.75. The van der Waals surface area contributed by atoms with Crippen molar-refractivity contribution in [2.24, 2.45) is 0 Å². The van der Waals surface area contributed by atoms with Gasteiger partial charge in [-0.25, -0.2) is 0 Å².